The van der Waals surface area contributed by atoms with Gasteiger partial charge in [0, 0.05) is 19.3 Å². The van der Waals surface area contributed by atoms with E-state index in [1.807, 2.05) is 6.08 Å². The summed E-state index contributed by atoms with van der Waals surface area (Å²) in [6.45, 7) is 3.49. The van der Waals surface area contributed by atoms with Crippen LogP contribution in [0.1, 0.15) is 187 Å². The van der Waals surface area contributed by atoms with Gasteiger partial charge >= 0.3 is 19.8 Å². The second-order valence-corrected chi connectivity index (χ2v) is 14.9. The van der Waals surface area contributed by atoms with Gasteiger partial charge in [-0.1, -0.05) is 141 Å². The Hall–Kier alpha value is -2.06. The third-order valence-electron chi connectivity index (χ3n) is 8.61. The maximum Gasteiger partial charge on any atom is 0.469 e. The van der Waals surface area contributed by atoms with Crippen LogP contribution in [-0.2, 0) is 32.9 Å². The molecule has 0 unspecified atom stereocenters. The van der Waals surface area contributed by atoms with E-state index in [0.29, 0.717) is 19.3 Å². The van der Waals surface area contributed by atoms with E-state index in [0.717, 1.165) is 77.0 Å². The molecule has 9 nitrogen and oxygen atoms in total. The largest absolute Gasteiger partial charge is 0.469 e. The van der Waals surface area contributed by atoms with E-state index in [1.165, 1.54) is 64.2 Å². The minimum atomic E-state index is -4.77. The molecule has 2 N–H and O–H groups in total. The standard InChI is InChI=1S/C41H73O9P/c1-3-5-7-8-9-10-11-12-13-14-15-16-17-20-23-26-30-34-40(43)48-36-39(37-49-51(45,46)47)50-41(44)35-31-27-24-21-18-19-22-25-29-33-38(42)32-28-6-4-2/h12-13,22,25,29,33,39H,3-11,14-21,23-24,26-28,30-32,34-37H2,1-2H3,(H2,45,46,47)/b13-12-,25-22-,33-29+/t39-/m1/s1. The maximum atomic E-state index is 12.4. The van der Waals surface area contributed by atoms with E-state index in [2.05, 4.69) is 36.6 Å². The van der Waals surface area contributed by atoms with E-state index >= 15 is 0 Å². The summed E-state index contributed by atoms with van der Waals surface area (Å²) in [6.07, 6.45) is 38.4. The molecule has 0 amide bonds. The van der Waals surface area contributed by atoms with Gasteiger partial charge in [0.05, 0.1) is 6.61 Å². The predicted octanol–water partition coefficient (Wildman–Crippen LogP) is 11.4. The molecule has 0 aromatic heterocycles. The van der Waals surface area contributed by atoms with E-state index in [9.17, 15) is 18.9 Å². The summed E-state index contributed by atoms with van der Waals surface area (Å²) in [5.41, 5.74) is 0. The number of ketones is 1. The highest BCUT2D eigenvalue weighted by Gasteiger charge is 2.22. The summed E-state index contributed by atoms with van der Waals surface area (Å²) >= 11 is 0. The quantitative estimate of drug-likeness (QED) is 0.0159. The van der Waals surface area contributed by atoms with Crippen molar-refractivity contribution < 1.29 is 42.7 Å². The normalized spacial score (nSPS) is 12.7. The average molecular weight is 741 g/mol. The van der Waals surface area contributed by atoms with Crippen molar-refractivity contribution >= 4 is 25.5 Å². The van der Waals surface area contributed by atoms with Gasteiger partial charge in [-0.2, -0.15) is 0 Å². The number of phosphoric ester groups is 1. The summed E-state index contributed by atoms with van der Waals surface area (Å²) < 4.78 is 26.3. The van der Waals surface area contributed by atoms with Crippen molar-refractivity contribution in [1.29, 1.82) is 0 Å². The van der Waals surface area contributed by atoms with Crippen molar-refractivity contribution in [3.8, 4) is 0 Å². The third kappa shape index (κ3) is 39.0. The van der Waals surface area contributed by atoms with Crippen LogP contribution in [0.2, 0.25) is 0 Å². The van der Waals surface area contributed by atoms with Gasteiger partial charge in [-0.15, -0.1) is 0 Å². The zero-order valence-corrected chi connectivity index (χ0v) is 33.1. The molecule has 0 saturated heterocycles. The third-order valence-corrected chi connectivity index (χ3v) is 9.09. The highest BCUT2D eigenvalue weighted by Crippen LogP contribution is 2.36. The number of hydrogen-bond acceptors (Lipinski definition) is 7. The molecule has 0 fully saturated rings. The van der Waals surface area contributed by atoms with Crippen LogP contribution in [0.4, 0.5) is 0 Å². The number of hydrogen-bond donors (Lipinski definition) is 2. The number of carbonyl (C=O) groups excluding carboxylic acids is 3. The van der Waals surface area contributed by atoms with Crippen molar-refractivity contribution in [3.05, 3.63) is 36.5 Å². The van der Waals surface area contributed by atoms with Crippen molar-refractivity contribution in [2.75, 3.05) is 13.2 Å². The Morgan fingerprint density at radius 2 is 1.00 bits per heavy atom. The molecule has 0 aromatic carbocycles. The van der Waals surface area contributed by atoms with Crippen LogP contribution in [0, 0.1) is 0 Å². The fourth-order valence-corrected chi connectivity index (χ4v) is 5.89. The van der Waals surface area contributed by atoms with Crippen LogP contribution in [-0.4, -0.2) is 46.8 Å². The topological polar surface area (TPSA) is 136 Å². The summed E-state index contributed by atoms with van der Waals surface area (Å²) in [6, 6.07) is 0. The molecule has 0 bridgehead atoms. The second-order valence-electron chi connectivity index (χ2n) is 13.6. The van der Waals surface area contributed by atoms with Crippen molar-refractivity contribution in [2.45, 2.75) is 193 Å². The van der Waals surface area contributed by atoms with Gasteiger partial charge in [0.15, 0.2) is 11.9 Å². The number of unbranched alkanes of at least 4 members (excludes halogenated alkanes) is 20. The van der Waals surface area contributed by atoms with Crippen LogP contribution in [0.5, 0.6) is 0 Å². The number of esters is 2. The lowest BCUT2D eigenvalue weighted by Gasteiger charge is -2.18. The van der Waals surface area contributed by atoms with Crippen LogP contribution in [0.3, 0.4) is 0 Å². The molecular weight excluding hydrogens is 667 g/mol. The molecule has 0 aromatic rings. The number of carbonyl (C=O) groups is 3. The molecule has 0 heterocycles. The first-order valence-electron chi connectivity index (χ1n) is 20.2. The molecule has 0 spiro atoms. The predicted molar refractivity (Wildman–Crippen MR) is 207 cm³/mol. The molecule has 0 rings (SSSR count). The molecule has 51 heavy (non-hydrogen) atoms. The fraction of sp³-hybridized carbons (Fsp3) is 0.780. The highest BCUT2D eigenvalue weighted by atomic mass is 31.2. The minimum Gasteiger partial charge on any atom is -0.462 e. The van der Waals surface area contributed by atoms with Crippen molar-refractivity contribution in [3.63, 3.8) is 0 Å². The maximum absolute atomic E-state index is 12.4. The van der Waals surface area contributed by atoms with Gasteiger partial charge in [0.2, 0.25) is 0 Å². The molecule has 0 aliphatic heterocycles. The van der Waals surface area contributed by atoms with Crippen molar-refractivity contribution in [1.82, 2.24) is 0 Å². The lowest BCUT2D eigenvalue weighted by Crippen LogP contribution is -2.29. The van der Waals surface area contributed by atoms with Gasteiger partial charge in [-0.3, -0.25) is 18.9 Å². The number of ether oxygens (including phenoxy) is 2. The summed E-state index contributed by atoms with van der Waals surface area (Å²) in [7, 11) is -4.77. The van der Waals surface area contributed by atoms with Gasteiger partial charge in [0.1, 0.15) is 6.61 Å². The molecule has 0 aliphatic rings. The molecule has 10 heteroatoms. The monoisotopic (exact) mass is 740 g/mol. The van der Waals surface area contributed by atoms with Crippen LogP contribution in [0.25, 0.3) is 0 Å². The average Bonchev–Trinajstić information content (AvgIpc) is 3.09. The Balaban J connectivity index is 4.00. The lowest BCUT2D eigenvalue weighted by atomic mass is 10.1. The van der Waals surface area contributed by atoms with Crippen LogP contribution >= 0.6 is 7.82 Å². The summed E-state index contributed by atoms with van der Waals surface area (Å²) in [5.74, 6) is -0.780. The molecule has 0 saturated carbocycles. The number of allylic oxidation sites excluding steroid dienone is 6. The minimum absolute atomic E-state index is 0.160. The van der Waals surface area contributed by atoms with Gasteiger partial charge in [0.25, 0.3) is 0 Å². The fourth-order valence-electron chi connectivity index (χ4n) is 5.52. The first-order chi connectivity index (χ1) is 24.7. The molecule has 296 valence electrons. The first kappa shape index (κ1) is 48.9. The van der Waals surface area contributed by atoms with Crippen LogP contribution in [0.15, 0.2) is 36.5 Å². The lowest BCUT2D eigenvalue weighted by molar-refractivity contribution is -0.161. The summed E-state index contributed by atoms with van der Waals surface area (Å²) in [5, 5.41) is 0. The Morgan fingerprint density at radius 3 is 1.55 bits per heavy atom. The Morgan fingerprint density at radius 1 is 0.549 bits per heavy atom. The SMILES string of the molecule is CCCCCCCC/C=C\CCCCCCCCCC(=O)OC[C@H](COP(=O)(O)O)OC(=O)CCCCCCC/C=C\C=C\C(=O)CCCCC. The Labute approximate surface area is 310 Å². The van der Waals surface area contributed by atoms with E-state index < -0.39 is 32.5 Å². The smallest absolute Gasteiger partial charge is 0.462 e. The highest BCUT2D eigenvalue weighted by molar-refractivity contribution is 7.46. The van der Waals surface area contributed by atoms with Gasteiger partial charge in [-0.25, -0.2) is 4.57 Å². The van der Waals surface area contributed by atoms with E-state index in [1.54, 1.807) is 12.2 Å². The molecule has 0 aliphatic carbocycles. The van der Waals surface area contributed by atoms with Crippen LogP contribution < -0.4 is 0 Å². The Bertz CT molecular complexity index is 986. The summed E-state index contributed by atoms with van der Waals surface area (Å²) in [4.78, 5) is 54.5. The van der Waals surface area contributed by atoms with Gasteiger partial charge < -0.3 is 19.3 Å². The molecule has 1 atom stereocenters. The van der Waals surface area contributed by atoms with Crippen molar-refractivity contribution in [2.24, 2.45) is 0 Å². The van der Waals surface area contributed by atoms with E-state index in [4.69, 9.17) is 19.3 Å². The number of phosphoric acid groups is 1. The zero-order chi connectivity index (χ0) is 37.7. The molecular formula is C41H73O9P. The zero-order valence-electron chi connectivity index (χ0n) is 32.2. The van der Waals surface area contributed by atoms with Gasteiger partial charge in [-0.05, 0) is 63.9 Å². The molecule has 0 radical (unpaired) electrons. The second kappa shape index (κ2) is 36.3. The first-order valence-corrected chi connectivity index (χ1v) is 21.8. The number of rotatable bonds is 37. The Kier molecular flexibility index (Phi) is 34.8. The van der Waals surface area contributed by atoms with E-state index in [-0.39, 0.29) is 25.2 Å².